The second-order valence-electron chi connectivity index (χ2n) is 9.05. The third kappa shape index (κ3) is 6.25. The fraction of sp³-hybridized carbons (Fsp3) is 0.179. The first kappa shape index (κ1) is 27.4. The number of amides is 2. The van der Waals surface area contributed by atoms with Gasteiger partial charge < -0.3 is 10.6 Å². The lowest BCUT2D eigenvalue weighted by Gasteiger charge is -2.16. The highest BCUT2D eigenvalue weighted by atomic mass is 19.4. The molecule has 0 atom stereocenters. The average Bonchev–Trinajstić information content (AvgIpc) is 2.91. The van der Waals surface area contributed by atoms with Gasteiger partial charge in [-0.15, -0.1) is 0 Å². The number of benzene rings is 1. The first-order chi connectivity index (χ1) is 18.4. The molecular weight excluding hydrogens is 514 g/mol. The zero-order chi connectivity index (χ0) is 28.4. The molecule has 0 fully saturated rings. The summed E-state index contributed by atoms with van der Waals surface area (Å²) in [5.41, 5.74) is -1.53. The van der Waals surface area contributed by atoms with Crippen molar-refractivity contribution in [1.82, 2.24) is 20.3 Å². The number of halogens is 4. The van der Waals surface area contributed by atoms with Crippen molar-refractivity contribution in [2.24, 2.45) is 0 Å². The van der Waals surface area contributed by atoms with E-state index in [-0.39, 0.29) is 33.8 Å². The van der Waals surface area contributed by atoms with Crippen LogP contribution < -0.4 is 10.6 Å². The van der Waals surface area contributed by atoms with E-state index < -0.39 is 29.2 Å². The second-order valence-corrected chi connectivity index (χ2v) is 9.05. The Labute approximate surface area is 221 Å². The summed E-state index contributed by atoms with van der Waals surface area (Å²) in [6, 6.07) is 11.8. The van der Waals surface area contributed by atoms with Crippen molar-refractivity contribution in [3.05, 3.63) is 95.7 Å². The van der Waals surface area contributed by atoms with E-state index in [2.05, 4.69) is 25.6 Å². The van der Waals surface area contributed by atoms with E-state index in [9.17, 15) is 27.2 Å². The molecule has 0 aliphatic carbocycles. The number of hydrogen-bond donors (Lipinski definition) is 2. The van der Waals surface area contributed by atoms with Crippen molar-refractivity contribution < 1.29 is 27.2 Å². The second kappa shape index (κ2) is 10.6. The van der Waals surface area contributed by atoms with Crippen molar-refractivity contribution in [2.45, 2.75) is 25.7 Å². The van der Waals surface area contributed by atoms with Crippen molar-refractivity contribution in [2.75, 3.05) is 12.4 Å². The van der Waals surface area contributed by atoms with Gasteiger partial charge in [0, 0.05) is 42.5 Å². The van der Waals surface area contributed by atoms with Crippen molar-refractivity contribution in [1.29, 1.82) is 0 Å². The van der Waals surface area contributed by atoms with E-state index in [0.29, 0.717) is 11.3 Å². The number of alkyl halides is 4. The third-order valence-electron chi connectivity index (χ3n) is 5.80. The highest BCUT2D eigenvalue weighted by molar-refractivity contribution is 6.04. The van der Waals surface area contributed by atoms with Crippen molar-refractivity contribution in [3.8, 4) is 22.4 Å². The monoisotopic (exact) mass is 537 g/mol. The Morgan fingerprint density at radius 1 is 0.769 bits per heavy atom. The fourth-order valence-electron chi connectivity index (χ4n) is 3.81. The van der Waals surface area contributed by atoms with Gasteiger partial charge in [0.2, 0.25) is 0 Å². The summed E-state index contributed by atoms with van der Waals surface area (Å²) in [7, 11) is 1.45. The largest absolute Gasteiger partial charge is 0.417 e. The first-order valence-corrected chi connectivity index (χ1v) is 11.7. The lowest BCUT2D eigenvalue weighted by molar-refractivity contribution is -0.137. The van der Waals surface area contributed by atoms with Crippen LogP contribution in [0.5, 0.6) is 0 Å². The van der Waals surface area contributed by atoms with Gasteiger partial charge in [-0.1, -0.05) is 0 Å². The number of aromatic nitrogens is 3. The number of carbonyl (C=O) groups excluding carboxylic acids is 2. The molecular formula is C28H23F4N5O2. The highest BCUT2D eigenvalue weighted by Crippen LogP contribution is 2.39. The summed E-state index contributed by atoms with van der Waals surface area (Å²) < 4.78 is 56.2. The minimum atomic E-state index is -4.68. The molecule has 0 aliphatic rings. The Hall–Kier alpha value is -4.67. The summed E-state index contributed by atoms with van der Waals surface area (Å²) in [5, 5.41) is 5.04. The van der Waals surface area contributed by atoms with Crippen LogP contribution in [0.2, 0.25) is 0 Å². The molecule has 4 aromatic rings. The zero-order valence-electron chi connectivity index (χ0n) is 21.1. The van der Waals surface area contributed by atoms with Crippen LogP contribution >= 0.6 is 0 Å². The summed E-state index contributed by atoms with van der Waals surface area (Å²) in [6.07, 6.45) is -0.638. The smallest absolute Gasteiger partial charge is 0.354 e. The minimum Gasteiger partial charge on any atom is -0.354 e. The van der Waals surface area contributed by atoms with Gasteiger partial charge in [-0.2, -0.15) is 13.2 Å². The summed E-state index contributed by atoms with van der Waals surface area (Å²) in [5.74, 6) is -1.06. The highest BCUT2D eigenvalue weighted by Gasteiger charge is 2.34. The van der Waals surface area contributed by atoms with Gasteiger partial charge >= 0.3 is 6.18 Å². The number of nitrogens with zero attached hydrogens (tertiary/aromatic N) is 3. The molecule has 4 rings (SSSR count). The number of pyridine rings is 3. The Morgan fingerprint density at radius 3 is 2.15 bits per heavy atom. The van der Waals surface area contributed by atoms with Crippen LogP contribution in [0, 0.1) is 0 Å². The Kier molecular flexibility index (Phi) is 7.44. The van der Waals surface area contributed by atoms with Gasteiger partial charge in [0.1, 0.15) is 11.4 Å². The molecule has 0 unspecified atom stereocenters. The molecule has 0 bridgehead atoms. The van der Waals surface area contributed by atoms with Crippen LogP contribution in [0.3, 0.4) is 0 Å². The van der Waals surface area contributed by atoms with Gasteiger partial charge in [0.05, 0.1) is 17.0 Å². The fourth-order valence-corrected chi connectivity index (χ4v) is 3.81. The van der Waals surface area contributed by atoms with Crippen molar-refractivity contribution >= 4 is 17.5 Å². The predicted octanol–water partition coefficient (Wildman–Crippen LogP) is 6.04. The van der Waals surface area contributed by atoms with E-state index in [0.717, 1.165) is 12.1 Å². The lowest BCUT2D eigenvalue weighted by Crippen LogP contribution is -2.19. The summed E-state index contributed by atoms with van der Waals surface area (Å²) in [4.78, 5) is 37.0. The first-order valence-electron chi connectivity index (χ1n) is 11.7. The Bertz CT molecular complexity index is 1550. The summed E-state index contributed by atoms with van der Waals surface area (Å²) >= 11 is 0. The summed E-state index contributed by atoms with van der Waals surface area (Å²) in [6.45, 7) is 2.60. The number of carbonyl (C=O) groups is 2. The molecule has 0 saturated carbocycles. The van der Waals surface area contributed by atoms with Gasteiger partial charge in [-0.3, -0.25) is 24.5 Å². The van der Waals surface area contributed by atoms with E-state index >= 15 is 0 Å². The standard InChI is InChI=1S/C28H23F4N5O2/c1-27(2,29)24-14-18(8-11-36-24)25(38)37-19-4-5-21(28(30,31)32)20(15-19)16-6-9-34-22(12-16)17-7-10-35-23(13-17)26(39)33-3/h4-15H,1-3H3,(H,33,39)(H,37,38). The topological polar surface area (TPSA) is 96.9 Å². The SMILES string of the molecule is CNC(=O)c1cc(-c2cc(-c3cc(NC(=O)c4ccnc(C(C)(C)F)c4)ccc3C(F)(F)F)ccn2)ccn1. The van der Waals surface area contributed by atoms with E-state index in [1.807, 2.05) is 0 Å². The van der Waals surface area contributed by atoms with Gasteiger partial charge in [-0.05, 0) is 79.6 Å². The van der Waals surface area contributed by atoms with Gasteiger partial charge in [0.15, 0.2) is 0 Å². The number of rotatable bonds is 6. The molecule has 11 heteroatoms. The molecule has 200 valence electrons. The predicted molar refractivity (Wildman–Crippen MR) is 138 cm³/mol. The van der Waals surface area contributed by atoms with Crippen molar-refractivity contribution in [3.63, 3.8) is 0 Å². The van der Waals surface area contributed by atoms with Crippen LogP contribution in [0.15, 0.2) is 73.2 Å². The van der Waals surface area contributed by atoms with E-state index in [1.54, 1.807) is 6.07 Å². The quantitative estimate of drug-likeness (QED) is 0.292. The molecule has 0 saturated heterocycles. The molecule has 1 aromatic carbocycles. The maximum Gasteiger partial charge on any atom is 0.417 e. The minimum absolute atomic E-state index is 0.0447. The Balaban J connectivity index is 1.72. The van der Waals surface area contributed by atoms with E-state index in [1.165, 1.54) is 75.9 Å². The van der Waals surface area contributed by atoms with E-state index in [4.69, 9.17) is 0 Å². The zero-order valence-corrected chi connectivity index (χ0v) is 21.1. The Morgan fingerprint density at radius 2 is 1.46 bits per heavy atom. The average molecular weight is 538 g/mol. The van der Waals surface area contributed by atoms with Crippen LogP contribution in [0.25, 0.3) is 22.4 Å². The number of anilines is 1. The van der Waals surface area contributed by atoms with Crippen LogP contribution in [0.1, 0.15) is 46.0 Å². The van der Waals surface area contributed by atoms with Gasteiger partial charge in [-0.25, -0.2) is 4.39 Å². The molecule has 3 aromatic heterocycles. The normalized spacial score (nSPS) is 11.7. The maximum atomic E-state index is 14.3. The molecule has 39 heavy (non-hydrogen) atoms. The third-order valence-corrected chi connectivity index (χ3v) is 5.80. The van der Waals surface area contributed by atoms with Crippen LogP contribution in [0.4, 0.5) is 23.2 Å². The number of hydrogen-bond acceptors (Lipinski definition) is 5. The number of nitrogens with one attached hydrogen (secondary N) is 2. The molecule has 0 radical (unpaired) electrons. The maximum absolute atomic E-state index is 14.3. The molecule has 0 aliphatic heterocycles. The molecule has 7 nitrogen and oxygen atoms in total. The molecule has 2 N–H and O–H groups in total. The van der Waals surface area contributed by atoms with Gasteiger partial charge in [0.25, 0.3) is 11.8 Å². The molecule has 3 heterocycles. The van der Waals surface area contributed by atoms with Crippen LogP contribution in [-0.2, 0) is 11.8 Å². The molecule has 2 amide bonds. The van der Waals surface area contributed by atoms with Crippen LogP contribution in [-0.4, -0.2) is 33.8 Å². The lowest BCUT2D eigenvalue weighted by atomic mass is 9.97. The molecule has 0 spiro atoms.